The molecule has 0 bridgehead atoms. The van der Waals surface area contributed by atoms with Crippen LogP contribution in [0.1, 0.15) is 6.92 Å². The molecule has 0 aliphatic carbocycles. The van der Waals surface area contributed by atoms with Crippen LogP contribution in [-0.4, -0.2) is 39.9 Å². The Morgan fingerprint density at radius 3 is 2.61 bits per heavy atom. The van der Waals surface area contributed by atoms with Crippen molar-refractivity contribution in [3.8, 4) is 0 Å². The number of amides is 1. The van der Waals surface area contributed by atoms with Crippen LogP contribution in [-0.2, 0) is 18.4 Å². The monoisotopic (exact) mass is 516 g/mol. The lowest BCUT2D eigenvalue weighted by Crippen LogP contribution is -2.34. The number of nitrogens with zero attached hydrogens (tertiary/aromatic N) is 5. The van der Waals surface area contributed by atoms with E-state index >= 15 is 0 Å². The van der Waals surface area contributed by atoms with E-state index in [1.165, 1.54) is 34.4 Å². The Bertz CT molecular complexity index is 1440. The standard InChI is InChI=1S/C22H22N5O2S4/c1-4-26-17(28)15(19-24(2)10-12-30-19)32-20(26)16-18(29)27(14-8-6-5-7-9-14)22(33-16)23-21-25(3)11-13-31-21/h5-9,11,13H,4,10,12H2,1-3H3/q+1/b19-15+,20-16-. The molecule has 1 amide bonds. The van der Waals surface area contributed by atoms with Gasteiger partial charge < -0.3 is 4.90 Å². The summed E-state index contributed by atoms with van der Waals surface area (Å²) in [6.07, 6.45) is 1.94. The maximum atomic E-state index is 13.8. The van der Waals surface area contributed by atoms with Gasteiger partial charge in [-0.05, 0) is 35.8 Å². The van der Waals surface area contributed by atoms with Crippen LogP contribution in [0.5, 0.6) is 0 Å². The van der Waals surface area contributed by atoms with Gasteiger partial charge in [0, 0.05) is 31.3 Å². The van der Waals surface area contributed by atoms with Gasteiger partial charge in [0.25, 0.3) is 16.6 Å². The van der Waals surface area contributed by atoms with Gasteiger partial charge in [0.2, 0.25) is 0 Å². The molecule has 2 aromatic heterocycles. The van der Waals surface area contributed by atoms with Crippen molar-refractivity contribution < 1.29 is 9.36 Å². The molecule has 3 aromatic rings. The number of hydrogen-bond acceptors (Lipinski definition) is 8. The number of benzene rings is 1. The number of aliphatic imine (C=N–C) groups is 1. The lowest BCUT2D eigenvalue weighted by molar-refractivity contribution is -0.653. The quantitative estimate of drug-likeness (QED) is 0.499. The van der Waals surface area contributed by atoms with E-state index in [0.717, 1.165) is 28.1 Å². The van der Waals surface area contributed by atoms with E-state index in [1.54, 1.807) is 21.2 Å². The molecule has 5 rings (SSSR count). The van der Waals surface area contributed by atoms with E-state index in [0.29, 0.717) is 25.8 Å². The van der Waals surface area contributed by atoms with Crippen molar-refractivity contribution in [2.75, 3.05) is 24.2 Å². The summed E-state index contributed by atoms with van der Waals surface area (Å²) in [5.74, 6) is 0.808. The summed E-state index contributed by atoms with van der Waals surface area (Å²) in [5.41, 5.74) is 0.724. The Morgan fingerprint density at radius 1 is 1.18 bits per heavy atom. The van der Waals surface area contributed by atoms with Crippen molar-refractivity contribution in [1.29, 1.82) is 0 Å². The molecule has 0 radical (unpaired) electrons. The van der Waals surface area contributed by atoms with Gasteiger partial charge in [-0.1, -0.05) is 29.5 Å². The summed E-state index contributed by atoms with van der Waals surface area (Å²) in [4.78, 5) is 36.2. The predicted octanol–water partition coefficient (Wildman–Crippen LogP) is 2.14. The fraction of sp³-hybridized carbons (Fsp3) is 0.273. The second-order valence-electron chi connectivity index (χ2n) is 7.46. The molecule has 0 N–H and O–H groups in total. The maximum absolute atomic E-state index is 13.8. The van der Waals surface area contributed by atoms with Crippen molar-refractivity contribution in [3.63, 3.8) is 0 Å². The van der Waals surface area contributed by atoms with Crippen LogP contribution >= 0.6 is 46.2 Å². The number of anilines is 1. The fourth-order valence-corrected chi connectivity index (χ4v) is 8.17. The first-order chi connectivity index (χ1) is 16.0. The molecule has 11 heteroatoms. The number of para-hydroxylation sites is 1. The highest BCUT2D eigenvalue weighted by Gasteiger charge is 2.40. The number of thiazole rings is 2. The smallest absolute Gasteiger partial charge is 0.367 e. The van der Waals surface area contributed by atoms with Crippen LogP contribution in [0.2, 0.25) is 0 Å². The minimum absolute atomic E-state index is 0.0315. The first kappa shape index (κ1) is 22.5. The van der Waals surface area contributed by atoms with Gasteiger partial charge in [0.05, 0.1) is 17.8 Å². The Labute approximate surface area is 207 Å². The van der Waals surface area contributed by atoms with Gasteiger partial charge >= 0.3 is 5.13 Å². The van der Waals surface area contributed by atoms with Gasteiger partial charge in [-0.15, -0.1) is 23.1 Å². The SMILES string of the molecule is CCn1c(=O)/c(=C2\SCCN2C)s/c1=C1\S/C(=N\c2scc[n+]2C)N(c2ccccc2)C1=O. The highest BCUT2D eigenvalue weighted by atomic mass is 32.2. The molecule has 2 saturated heterocycles. The van der Waals surface area contributed by atoms with E-state index in [-0.39, 0.29) is 11.5 Å². The molecule has 0 atom stereocenters. The highest BCUT2D eigenvalue weighted by Crippen LogP contribution is 2.36. The van der Waals surface area contributed by atoms with Gasteiger partial charge in [-0.25, -0.2) is 9.47 Å². The average molecular weight is 517 g/mol. The molecule has 0 spiro atoms. The van der Waals surface area contributed by atoms with Crippen LogP contribution in [0.3, 0.4) is 0 Å². The molecule has 2 aliphatic rings. The van der Waals surface area contributed by atoms with E-state index in [4.69, 9.17) is 4.99 Å². The first-order valence-corrected chi connectivity index (χ1v) is 13.9. The fourth-order valence-electron chi connectivity index (χ4n) is 3.63. The zero-order valence-electron chi connectivity index (χ0n) is 18.3. The van der Waals surface area contributed by atoms with Gasteiger partial charge in [-0.2, -0.15) is 0 Å². The number of thioether (sulfide) groups is 2. The molecule has 1 aromatic carbocycles. The third kappa shape index (κ3) is 3.96. The van der Waals surface area contributed by atoms with E-state index in [1.807, 2.05) is 67.5 Å². The Kier molecular flexibility index (Phi) is 6.21. The minimum Gasteiger partial charge on any atom is -0.367 e. The zero-order valence-corrected chi connectivity index (χ0v) is 21.6. The van der Waals surface area contributed by atoms with Crippen molar-refractivity contribution in [2.24, 2.45) is 12.0 Å². The Hall–Kier alpha value is -2.34. The Morgan fingerprint density at radius 2 is 1.97 bits per heavy atom. The van der Waals surface area contributed by atoms with Crippen molar-refractivity contribution in [1.82, 2.24) is 9.47 Å². The third-order valence-corrected chi connectivity index (χ3v) is 9.85. The summed E-state index contributed by atoms with van der Waals surface area (Å²) < 4.78 is 5.05. The largest absolute Gasteiger partial charge is 0.384 e. The zero-order chi connectivity index (χ0) is 23.1. The van der Waals surface area contributed by atoms with E-state index in [2.05, 4.69) is 4.90 Å². The number of aryl methyl sites for hydroxylation is 1. The van der Waals surface area contributed by atoms with Crippen molar-refractivity contribution in [3.05, 3.63) is 61.5 Å². The molecule has 170 valence electrons. The number of rotatable bonds is 3. The number of carbonyl (C=O) groups excluding carboxylic acids is 1. The van der Waals surface area contributed by atoms with Gasteiger partial charge in [0.15, 0.2) is 0 Å². The lowest BCUT2D eigenvalue weighted by Gasteiger charge is -2.12. The van der Waals surface area contributed by atoms with Crippen LogP contribution in [0.4, 0.5) is 10.8 Å². The van der Waals surface area contributed by atoms with Crippen LogP contribution in [0.15, 0.2) is 51.7 Å². The number of aromatic nitrogens is 2. The molecule has 2 aliphatic heterocycles. The molecule has 0 unspecified atom stereocenters. The first-order valence-electron chi connectivity index (χ1n) is 10.4. The van der Waals surface area contributed by atoms with Crippen molar-refractivity contribution in [2.45, 2.75) is 13.5 Å². The van der Waals surface area contributed by atoms with E-state index in [9.17, 15) is 9.59 Å². The number of hydrogen-bond donors (Lipinski definition) is 0. The molecule has 7 nitrogen and oxygen atoms in total. The van der Waals surface area contributed by atoms with Crippen molar-refractivity contribution >= 4 is 78.0 Å². The van der Waals surface area contributed by atoms with E-state index < -0.39 is 0 Å². The molecule has 2 fully saturated rings. The minimum atomic E-state index is -0.156. The molecule has 0 saturated carbocycles. The maximum Gasteiger partial charge on any atom is 0.384 e. The molecule has 4 heterocycles. The van der Waals surface area contributed by atoms with Crippen LogP contribution < -0.4 is 24.2 Å². The number of amidine groups is 1. The number of carbonyl (C=O) groups is 1. The second-order valence-corrected chi connectivity index (χ2v) is 11.4. The summed E-state index contributed by atoms with van der Waals surface area (Å²) in [7, 11) is 3.94. The summed E-state index contributed by atoms with van der Waals surface area (Å²) >= 11 is 5.96. The topological polar surface area (TPSA) is 61.8 Å². The normalized spacial score (nSPS) is 21.1. The summed E-state index contributed by atoms with van der Waals surface area (Å²) in [6.45, 7) is 3.36. The van der Waals surface area contributed by atoms with Crippen LogP contribution in [0, 0.1) is 0 Å². The second kappa shape index (κ2) is 9.13. The van der Waals surface area contributed by atoms with Gasteiger partial charge in [-0.3, -0.25) is 14.2 Å². The molecular weight excluding hydrogens is 495 g/mol. The predicted molar refractivity (Wildman–Crippen MR) is 140 cm³/mol. The van der Waals surface area contributed by atoms with Crippen LogP contribution in [0.25, 0.3) is 9.93 Å². The highest BCUT2D eigenvalue weighted by molar-refractivity contribution is 8.23. The lowest BCUT2D eigenvalue weighted by atomic mass is 10.3. The summed E-state index contributed by atoms with van der Waals surface area (Å²) in [6, 6.07) is 9.54. The van der Waals surface area contributed by atoms with Gasteiger partial charge in [0.1, 0.15) is 20.3 Å². The Balaban J connectivity index is 1.75. The third-order valence-electron chi connectivity index (χ3n) is 5.35. The summed E-state index contributed by atoms with van der Waals surface area (Å²) in [5, 5.41) is 4.34. The molecule has 33 heavy (non-hydrogen) atoms. The average Bonchev–Trinajstić information content (AvgIpc) is 3.56. The molecular formula is C22H22N5O2S4+.